The molecule has 2 aromatic carbocycles. The Morgan fingerprint density at radius 3 is 2.50 bits per heavy atom. The van der Waals surface area contributed by atoms with E-state index in [0.29, 0.717) is 5.56 Å². The number of anilines is 1. The van der Waals surface area contributed by atoms with Crippen LogP contribution in [0.4, 0.5) is 5.69 Å². The molecule has 0 N–H and O–H groups in total. The highest BCUT2D eigenvalue weighted by Gasteiger charge is 2.16. The fraction of sp³-hybridized carbons (Fsp3) is 0.0714. The molecule has 0 saturated heterocycles. The molecule has 0 fully saturated rings. The van der Waals surface area contributed by atoms with E-state index in [9.17, 15) is 4.79 Å². The third-order valence-corrected chi connectivity index (χ3v) is 3.60. The first-order chi connectivity index (χ1) is 8.59. The van der Waals surface area contributed by atoms with Gasteiger partial charge in [-0.05, 0) is 46.3 Å². The van der Waals surface area contributed by atoms with E-state index in [2.05, 4.69) is 28.6 Å². The molecule has 2 rings (SSSR count). The van der Waals surface area contributed by atoms with Crippen LogP contribution in [0.15, 0.2) is 57.9 Å². The first-order valence-electron chi connectivity index (χ1n) is 5.41. The molecule has 0 saturated carbocycles. The van der Waals surface area contributed by atoms with Crippen molar-refractivity contribution in [2.75, 3.05) is 11.9 Å². The van der Waals surface area contributed by atoms with Gasteiger partial charge in [0, 0.05) is 22.1 Å². The van der Waals surface area contributed by atoms with E-state index in [0.717, 1.165) is 15.1 Å². The van der Waals surface area contributed by atoms with E-state index < -0.39 is 0 Å². The Kier molecular flexibility index (Phi) is 4.09. The van der Waals surface area contributed by atoms with Crippen molar-refractivity contribution < 1.29 is 4.79 Å². The lowest BCUT2D eigenvalue weighted by atomic mass is 10.2. The van der Waals surface area contributed by atoms with Gasteiger partial charge in [-0.15, -0.1) is 12.6 Å². The molecule has 18 heavy (non-hydrogen) atoms. The second-order valence-electron chi connectivity index (χ2n) is 3.86. The standard InChI is InChI=1S/C14H12BrNOS/c1-16(10-5-3-2-4-6-10)14(17)12-9-11(18)7-8-13(12)15/h2-9,18H,1H3. The summed E-state index contributed by atoms with van der Waals surface area (Å²) in [5.74, 6) is -0.0658. The van der Waals surface area contributed by atoms with Gasteiger partial charge in [0.05, 0.1) is 5.56 Å². The van der Waals surface area contributed by atoms with Crippen LogP contribution in [0, 0.1) is 0 Å². The van der Waals surface area contributed by atoms with Crippen molar-refractivity contribution in [1.82, 2.24) is 0 Å². The van der Waals surface area contributed by atoms with Gasteiger partial charge >= 0.3 is 0 Å². The minimum Gasteiger partial charge on any atom is -0.311 e. The summed E-state index contributed by atoms with van der Waals surface area (Å²) < 4.78 is 0.771. The maximum Gasteiger partial charge on any atom is 0.259 e. The summed E-state index contributed by atoms with van der Waals surface area (Å²) in [6.45, 7) is 0. The van der Waals surface area contributed by atoms with Crippen LogP contribution in [-0.2, 0) is 0 Å². The van der Waals surface area contributed by atoms with Crippen molar-refractivity contribution in [3.63, 3.8) is 0 Å². The summed E-state index contributed by atoms with van der Waals surface area (Å²) in [5, 5.41) is 0. The zero-order valence-corrected chi connectivity index (χ0v) is 12.3. The molecular formula is C14H12BrNOS. The highest BCUT2D eigenvalue weighted by atomic mass is 79.9. The molecule has 0 aliphatic carbocycles. The van der Waals surface area contributed by atoms with Crippen molar-refractivity contribution in [2.45, 2.75) is 4.90 Å². The van der Waals surface area contributed by atoms with Crippen molar-refractivity contribution in [3.05, 3.63) is 58.6 Å². The number of para-hydroxylation sites is 1. The second kappa shape index (κ2) is 5.59. The third kappa shape index (κ3) is 2.76. The lowest BCUT2D eigenvalue weighted by Gasteiger charge is -2.18. The Labute approximate surface area is 120 Å². The number of thiol groups is 1. The van der Waals surface area contributed by atoms with Crippen molar-refractivity contribution >= 4 is 40.2 Å². The van der Waals surface area contributed by atoms with Crippen LogP contribution in [0.25, 0.3) is 0 Å². The summed E-state index contributed by atoms with van der Waals surface area (Å²) in [6.07, 6.45) is 0. The highest BCUT2D eigenvalue weighted by molar-refractivity contribution is 9.10. The summed E-state index contributed by atoms with van der Waals surface area (Å²) in [6, 6.07) is 15.0. The maximum absolute atomic E-state index is 12.4. The highest BCUT2D eigenvalue weighted by Crippen LogP contribution is 2.23. The summed E-state index contributed by atoms with van der Waals surface area (Å²) in [4.78, 5) is 14.8. The first kappa shape index (κ1) is 13.2. The summed E-state index contributed by atoms with van der Waals surface area (Å²) >= 11 is 7.65. The fourth-order valence-corrected chi connectivity index (χ4v) is 2.25. The van der Waals surface area contributed by atoms with Crippen LogP contribution in [0.1, 0.15) is 10.4 Å². The van der Waals surface area contributed by atoms with Gasteiger partial charge in [-0.25, -0.2) is 0 Å². The van der Waals surface area contributed by atoms with Crippen LogP contribution in [0.2, 0.25) is 0 Å². The van der Waals surface area contributed by atoms with E-state index in [1.807, 2.05) is 42.5 Å². The Balaban J connectivity index is 2.34. The Hall–Kier alpha value is -1.26. The van der Waals surface area contributed by atoms with Crippen LogP contribution in [0.5, 0.6) is 0 Å². The predicted molar refractivity (Wildman–Crippen MR) is 80.6 cm³/mol. The number of benzene rings is 2. The van der Waals surface area contributed by atoms with Gasteiger partial charge < -0.3 is 4.90 Å². The largest absolute Gasteiger partial charge is 0.311 e. The number of hydrogen-bond acceptors (Lipinski definition) is 2. The van der Waals surface area contributed by atoms with Crippen LogP contribution in [-0.4, -0.2) is 13.0 Å². The van der Waals surface area contributed by atoms with Gasteiger partial charge in [0.25, 0.3) is 5.91 Å². The number of nitrogens with zero attached hydrogens (tertiary/aromatic N) is 1. The molecule has 0 spiro atoms. The minimum absolute atomic E-state index is 0.0658. The zero-order chi connectivity index (χ0) is 13.1. The van der Waals surface area contributed by atoms with E-state index in [1.165, 1.54) is 0 Å². The van der Waals surface area contributed by atoms with Gasteiger partial charge in [-0.3, -0.25) is 4.79 Å². The van der Waals surface area contributed by atoms with E-state index >= 15 is 0 Å². The number of amides is 1. The molecule has 0 heterocycles. The van der Waals surface area contributed by atoms with Gasteiger partial charge in [0.1, 0.15) is 0 Å². The van der Waals surface area contributed by atoms with Gasteiger partial charge in [-0.1, -0.05) is 18.2 Å². The molecular weight excluding hydrogens is 310 g/mol. The van der Waals surface area contributed by atoms with Crippen LogP contribution >= 0.6 is 28.6 Å². The van der Waals surface area contributed by atoms with Gasteiger partial charge in [0.2, 0.25) is 0 Å². The quantitative estimate of drug-likeness (QED) is 0.828. The van der Waals surface area contributed by atoms with Gasteiger partial charge in [-0.2, -0.15) is 0 Å². The smallest absolute Gasteiger partial charge is 0.259 e. The van der Waals surface area contributed by atoms with Gasteiger partial charge in [0.15, 0.2) is 0 Å². The number of carbonyl (C=O) groups is 1. The topological polar surface area (TPSA) is 20.3 Å². The average Bonchev–Trinajstić information content (AvgIpc) is 2.41. The molecule has 92 valence electrons. The minimum atomic E-state index is -0.0658. The molecule has 0 aromatic heterocycles. The van der Waals surface area contributed by atoms with E-state index in [4.69, 9.17) is 0 Å². The molecule has 1 amide bonds. The Morgan fingerprint density at radius 2 is 1.83 bits per heavy atom. The number of rotatable bonds is 2. The number of carbonyl (C=O) groups excluding carboxylic acids is 1. The third-order valence-electron chi connectivity index (χ3n) is 2.63. The van der Waals surface area contributed by atoms with Crippen molar-refractivity contribution in [1.29, 1.82) is 0 Å². The molecule has 0 atom stereocenters. The molecule has 0 aliphatic rings. The predicted octanol–water partition coefficient (Wildman–Crippen LogP) is 4.01. The molecule has 2 nitrogen and oxygen atoms in total. The molecule has 0 aliphatic heterocycles. The van der Waals surface area contributed by atoms with E-state index in [1.54, 1.807) is 18.0 Å². The fourth-order valence-electron chi connectivity index (χ4n) is 1.63. The van der Waals surface area contributed by atoms with E-state index in [-0.39, 0.29) is 5.91 Å². The Morgan fingerprint density at radius 1 is 1.17 bits per heavy atom. The van der Waals surface area contributed by atoms with Crippen molar-refractivity contribution in [2.24, 2.45) is 0 Å². The molecule has 0 radical (unpaired) electrons. The zero-order valence-electron chi connectivity index (χ0n) is 9.80. The lowest BCUT2D eigenvalue weighted by molar-refractivity contribution is 0.0992. The summed E-state index contributed by atoms with van der Waals surface area (Å²) in [5.41, 5.74) is 1.47. The SMILES string of the molecule is CN(C(=O)c1cc(S)ccc1Br)c1ccccc1. The molecule has 2 aromatic rings. The maximum atomic E-state index is 12.4. The lowest BCUT2D eigenvalue weighted by Crippen LogP contribution is -2.26. The average molecular weight is 322 g/mol. The molecule has 0 unspecified atom stereocenters. The second-order valence-corrected chi connectivity index (χ2v) is 5.23. The summed E-state index contributed by atoms with van der Waals surface area (Å²) in [7, 11) is 1.76. The molecule has 0 bridgehead atoms. The van der Waals surface area contributed by atoms with Crippen molar-refractivity contribution in [3.8, 4) is 0 Å². The van der Waals surface area contributed by atoms with Crippen LogP contribution in [0.3, 0.4) is 0 Å². The number of halogens is 1. The number of hydrogen-bond donors (Lipinski definition) is 1. The normalized spacial score (nSPS) is 10.2. The molecule has 4 heteroatoms. The first-order valence-corrected chi connectivity index (χ1v) is 6.65. The Bertz CT molecular complexity index is 571. The van der Waals surface area contributed by atoms with Crippen LogP contribution < -0.4 is 4.90 Å². The monoisotopic (exact) mass is 321 g/mol.